The molecule has 0 spiro atoms. The molecule has 0 saturated carbocycles. The van der Waals surface area contributed by atoms with E-state index in [0.29, 0.717) is 27.3 Å². The van der Waals surface area contributed by atoms with Gasteiger partial charge in [-0.05, 0) is 38.1 Å². The van der Waals surface area contributed by atoms with E-state index in [1.807, 2.05) is 19.1 Å². The van der Waals surface area contributed by atoms with Gasteiger partial charge in [0.05, 0.1) is 17.6 Å². The van der Waals surface area contributed by atoms with Gasteiger partial charge in [0.1, 0.15) is 16.4 Å². The Kier molecular flexibility index (Phi) is 4.34. The van der Waals surface area contributed by atoms with Crippen LogP contribution in [0.3, 0.4) is 0 Å². The number of hydrogen-bond donors (Lipinski definition) is 0. The molecule has 9 heteroatoms. The minimum absolute atomic E-state index is 0.384. The number of aryl methyl sites for hydroxylation is 2. The van der Waals surface area contributed by atoms with Crippen molar-refractivity contribution in [2.45, 2.75) is 13.8 Å². The minimum atomic E-state index is 0.384. The number of nitrogens with zero attached hydrogens (tertiary/aromatic N) is 7. The van der Waals surface area contributed by atoms with E-state index in [2.05, 4.69) is 20.2 Å². The number of rotatable bonds is 0. The highest BCUT2D eigenvalue weighted by molar-refractivity contribution is 6.29. The lowest BCUT2D eigenvalue weighted by Gasteiger charge is -1.93. The monoisotopic (exact) mass is 359 g/mol. The minimum Gasteiger partial charge on any atom is -0.235 e. The number of halogens is 2. The first-order valence-electron chi connectivity index (χ1n) is 6.88. The topological polar surface area (TPSA) is 84.2 Å². The number of nitriles is 1. The van der Waals surface area contributed by atoms with Crippen LogP contribution in [0.25, 0.3) is 11.3 Å². The lowest BCUT2D eigenvalue weighted by atomic mass is 10.4. The number of imidazole rings is 2. The number of fused-ring (bicyclic) bond motifs is 2. The summed E-state index contributed by atoms with van der Waals surface area (Å²) in [4.78, 5) is 8.15. The van der Waals surface area contributed by atoms with Crippen molar-refractivity contribution < 1.29 is 0 Å². The van der Waals surface area contributed by atoms with Gasteiger partial charge in [0.25, 0.3) is 0 Å². The molecule has 0 N–H and O–H groups in total. The molecule has 0 unspecified atom stereocenters. The van der Waals surface area contributed by atoms with E-state index < -0.39 is 0 Å². The Balaban J connectivity index is 0.000000143. The summed E-state index contributed by atoms with van der Waals surface area (Å²) in [5, 5.41) is 17.6. The Morgan fingerprint density at radius 2 is 1.58 bits per heavy atom. The highest BCUT2D eigenvalue weighted by Gasteiger charge is 2.07. The van der Waals surface area contributed by atoms with Crippen molar-refractivity contribution in [1.29, 1.82) is 5.26 Å². The summed E-state index contributed by atoms with van der Waals surface area (Å²) >= 11 is 11.4. The zero-order valence-corrected chi connectivity index (χ0v) is 14.3. The zero-order chi connectivity index (χ0) is 17.3. The van der Waals surface area contributed by atoms with Gasteiger partial charge >= 0.3 is 0 Å². The first-order valence-corrected chi connectivity index (χ1v) is 7.64. The molecule has 4 aromatic rings. The summed E-state index contributed by atoms with van der Waals surface area (Å²) in [6, 6.07) is 8.92. The Labute approximate surface area is 147 Å². The molecule has 0 bridgehead atoms. The predicted octanol–water partition coefficient (Wildman–Crippen LogP) is 3.25. The SMILES string of the molecule is Cc1c(C#N)nc2ccc(Cl)nn12.Cc1cnc2ccc(Cl)nn12. The molecule has 0 fully saturated rings. The van der Waals surface area contributed by atoms with Crippen LogP contribution in [0.5, 0.6) is 0 Å². The maximum absolute atomic E-state index is 8.70. The van der Waals surface area contributed by atoms with Gasteiger partial charge in [-0.2, -0.15) is 15.5 Å². The van der Waals surface area contributed by atoms with Gasteiger partial charge < -0.3 is 0 Å². The van der Waals surface area contributed by atoms with Crippen molar-refractivity contribution >= 4 is 34.5 Å². The summed E-state index contributed by atoms with van der Waals surface area (Å²) in [6.45, 7) is 3.71. The fraction of sp³-hybridized carbons (Fsp3) is 0.133. The molecule has 0 amide bonds. The summed E-state index contributed by atoms with van der Waals surface area (Å²) < 4.78 is 3.27. The Morgan fingerprint density at radius 1 is 0.958 bits per heavy atom. The predicted molar refractivity (Wildman–Crippen MR) is 90.2 cm³/mol. The zero-order valence-electron chi connectivity index (χ0n) is 12.8. The van der Waals surface area contributed by atoms with Crippen molar-refractivity contribution in [3.8, 4) is 6.07 Å². The molecule has 120 valence electrons. The van der Waals surface area contributed by atoms with Gasteiger partial charge in [-0.15, -0.1) is 0 Å². The summed E-state index contributed by atoms with van der Waals surface area (Å²) in [5.74, 6) is 0. The smallest absolute Gasteiger partial charge is 0.164 e. The third kappa shape index (κ3) is 3.02. The quantitative estimate of drug-likeness (QED) is 0.481. The molecule has 0 atom stereocenters. The molecule has 4 rings (SSSR count). The van der Waals surface area contributed by atoms with Gasteiger partial charge in [-0.3, -0.25) is 0 Å². The maximum atomic E-state index is 8.70. The summed E-state index contributed by atoms with van der Waals surface area (Å²) in [7, 11) is 0. The van der Waals surface area contributed by atoms with Gasteiger partial charge in [-0.1, -0.05) is 23.2 Å². The second-order valence-corrected chi connectivity index (χ2v) is 5.68. The lowest BCUT2D eigenvalue weighted by molar-refractivity contribution is 0.898. The van der Waals surface area contributed by atoms with E-state index >= 15 is 0 Å². The average Bonchev–Trinajstić information content (AvgIpc) is 3.09. The Hall–Kier alpha value is -2.69. The van der Waals surface area contributed by atoms with Crippen molar-refractivity contribution in [2.24, 2.45) is 0 Å². The first-order chi connectivity index (χ1) is 11.5. The van der Waals surface area contributed by atoms with Crippen molar-refractivity contribution in [3.63, 3.8) is 0 Å². The molecule has 24 heavy (non-hydrogen) atoms. The molecule has 0 aliphatic rings. The van der Waals surface area contributed by atoms with E-state index in [4.69, 9.17) is 28.5 Å². The Morgan fingerprint density at radius 3 is 2.25 bits per heavy atom. The summed E-state index contributed by atoms with van der Waals surface area (Å²) in [6.07, 6.45) is 1.76. The van der Waals surface area contributed by atoms with Gasteiger partial charge in [0.15, 0.2) is 17.0 Å². The van der Waals surface area contributed by atoms with Gasteiger partial charge in [-0.25, -0.2) is 19.0 Å². The van der Waals surface area contributed by atoms with E-state index in [1.54, 1.807) is 40.4 Å². The fourth-order valence-corrected chi connectivity index (χ4v) is 2.37. The molecule has 7 nitrogen and oxygen atoms in total. The lowest BCUT2D eigenvalue weighted by Crippen LogP contribution is -1.93. The van der Waals surface area contributed by atoms with Crippen LogP contribution in [0.2, 0.25) is 10.3 Å². The summed E-state index contributed by atoms with van der Waals surface area (Å²) in [5.41, 5.74) is 3.54. The first kappa shape index (κ1) is 16.2. The van der Waals surface area contributed by atoms with Crippen LogP contribution in [0.4, 0.5) is 0 Å². The third-order valence-electron chi connectivity index (χ3n) is 3.28. The number of aromatic nitrogens is 6. The van der Waals surface area contributed by atoms with Crippen LogP contribution >= 0.6 is 23.2 Å². The van der Waals surface area contributed by atoms with Crippen LogP contribution in [0, 0.1) is 25.2 Å². The van der Waals surface area contributed by atoms with Crippen LogP contribution in [-0.4, -0.2) is 29.2 Å². The van der Waals surface area contributed by atoms with E-state index in [-0.39, 0.29) is 0 Å². The van der Waals surface area contributed by atoms with Crippen molar-refractivity contribution in [2.75, 3.05) is 0 Å². The van der Waals surface area contributed by atoms with Crippen LogP contribution < -0.4 is 0 Å². The molecule has 0 aliphatic carbocycles. The fourth-order valence-electron chi connectivity index (χ4n) is 2.09. The second-order valence-electron chi connectivity index (χ2n) is 4.91. The molecular formula is C15H11Cl2N7. The largest absolute Gasteiger partial charge is 0.235 e. The normalized spacial score (nSPS) is 10.5. The standard InChI is InChI=1S/C8H5ClN4.C7H6ClN3/c1-5-6(4-10)11-8-3-2-7(9)12-13(5)8;1-5-4-9-7-3-2-6(8)10-11(5)7/h2-3H,1H3;2-4H,1H3. The maximum Gasteiger partial charge on any atom is 0.164 e. The molecule has 4 aromatic heterocycles. The molecule has 0 radical (unpaired) electrons. The van der Waals surface area contributed by atoms with E-state index in [9.17, 15) is 0 Å². The molecule has 0 aliphatic heterocycles. The van der Waals surface area contributed by atoms with Gasteiger partial charge in [0, 0.05) is 0 Å². The highest BCUT2D eigenvalue weighted by Crippen LogP contribution is 2.12. The molecule has 4 heterocycles. The van der Waals surface area contributed by atoms with Crippen LogP contribution in [0.15, 0.2) is 30.5 Å². The Bertz CT molecular complexity index is 1070. The number of hydrogen-bond acceptors (Lipinski definition) is 5. The third-order valence-corrected chi connectivity index (χ3v) is 3.68. The van der Waals surface area contributed by atoms with Crippen LogP contribution in [0.1, 0.15) is 17.1 Å². The van der Waals surface area contributed by atoms with Crippen molar-refractivity contribution in [3.05, 3.63) is 57.9 Å². The van der Waals surface area contributed by atoms with Gasteiger partial charge in [0.2, 0.25) is 0 Å². The molecule has 0 saturated heterocycles. The molecular weight excluding hydrogens is 349 g/mol. The van der Waals surface area contributed by atoms with E-state index in [1.165, 1.54) is 0 Å². The average molecular weight is 360 g/mol. The van der Waals surface area contributed by atoms with E-state index in [0.717, 1.165) is 11.3 Å². The molecule has 0 aromatic carbocycles. The van der Waals surface area contributed by atoms with Crippen molar-refractivity contribution in [1.82, 2.24) is 29.2 Å². The second kappa shape index (κ2) is 6.43. The van der Waals surface area contributed by atoms with Crippen LogP contribution in [-0.2, 0) is 0 Å². The highest BCUT2D eigenvalue weighted by atomic mass is 35.5.